The van der Waals surface area contributed by atoms with Gasteiger partial charge in [-0.15, -0.1) is 0 Å². The summed E-state index contributed by atoms with van der Waals surface area (Å²) in [7, 11) is 0. The summed E-state index contributed by atoms with van der Waals surface area (Å²) in [6.45, 7) is 2.10. The lowest BCUT2D eigenvalue weighted by atomic mass is 9.89. The molecular formula is C14H23N3O. The minimum absolute atomic E-state index is 0.0925. The molecule has 0 unspecified atom stereocenters. The van der Waals surface area contributed by atoms with Crippen LogP contribution in [-0.4, -0.2) is 36.5 Å². The fraction of sp³-hybridized carbons (Fsp3) is 0.857. The predicted octanol–water partition coefficient (Wildman–Crippen LogP) is 1.67. The number of carbonyl (C=O) groups is 1. The van der Waals surface area contributed by atoms with Crippen molar-refractivity contribution in [3.63, 3.8) is 0 Å². The van der Waals surface area contributed by atoms with Gasteiger partial charge in [0.25, 0.3) is 0 Å². The molecule has 1 atom stereocenters. The van der Waals surface area contributed by atoms with Crippen LogP contribution in [0.4, 0.5) is 0 Å². The summed E-state index contributed by atoms with van der Waals surface area (Å²) >= 11 is 0. The number of nitrogens with zero attached hydrogens (tertiary/aromatic N) is 2. The van der Waals surface area contributed by atoms with Crippen LogP contribution < -0.4 is 5.32 Å². The molecule has 2 fully saturated rings. The Kier molecular flexibility index (Phi) is 5.00. The van der Waals surface area contributed by atoms with E-state index in [9.17, 15) is 4.79 Å². The molecule has 1 N–H and O–H groups in total. The van der Waals surface area contributed by atoms with Crippen molar-refractivity contribution in [2.45, 2.75) is 51.0 Å². The number of hydrogen-bond donors (Lipinski definition) is 1. The van der Waals surface area contributed by atoms with Crippen LogP contribution in [-0.2, 0) is 4.79 Å². The number of nitriles is 1. The molecule has 0 spiro atoms. The smallest absolute Gasteiger partial charge is 0.237 e. The number of likely N-dealkylation sites (tertiary alicyclic amines) is 1. The molecule has 1 aliphatic heterocycles. The highest BCUT2D eigenvalue weighted by Crippen LogP contribution is 2.22. The summed E-state index contributed by atoms with van der Waals surface area (Å²) in [6.07, 6.45) is 8.44. The number of nitrogens with one attached hydrogen (secondary N) is 1. The zero-order valence-corrected chi connectivity index (χ0v) is 11.0. The van der Waals surface area contributed by atoms with Gasteiger partial charge in [0.1, 0.15) is 6.04 Å². The van der Waals surface area contributed by atoms with Crippen molar-refractivity contribution in [2.75, 3.05) is 19.6 Å². The molecule has 2 rings (SSSR count). The van der Waals surface area contributed by atoms with Gasteiger partial charge >= 0.3 is 0 Å². The molecule has 18 heavy (non-hydrogen) atoms. The average Bonchev–Trinajstić information content (AvgIpc) is 2.88. The highest BCUT2D eigenvalue weighted by atomic mass is 16.2. The van der Waals surface area contributed by atoms with Gasteiger partial charge in [0, 0.05) is 6.54 Å². The van der Waals surface area contributed by atoms with Crippen LogP contribution in [0.1, 0.15) is 44.9 Å². The first kappa shape index (κ1) is 13.4. The molecule has 1 aliphatic carbocycles. The van der Waals surface area contributed by atoms with E-state index in [0.717, 1.165) is 31.8 Å². The standard InChI is InChI=1S/C14H23N3O/c15-9-13-7-4-8-17(13)14(18)11-16-10-12-5-2-1-3-6-12/h12-13,16H,1-8,10-11H2/t13-/m0/s1. The highest BCUT2D eigenvalue weighted by molar-refractivity contribution is 5.79. The maximum absolute atomic E-state index is 12.0. The minimum atomic E-state index is -0.186. The SMILES string of the molecule is N#C[C@@H]1CCCN1C(=O)CNCC1CCCCC1. The Morgan fingerprint density at radius 3 is 2.72 bits per heavy atom. The van der Waals surface area contributed by atoms with Crippen LogP contribution in [0.3, 0.4) is 0 Å². The lowest BCUT2D eigenvalue weighted by Gasteiger charge is -2.23. The second-order valence-corrected chi connectivity index (χ2v) is 5.51. The zero-order chi connectivity index (χ0) is 12.8. The van der Waals surface area contributed by atoms with Crippen LogP contribution in [0, 0.1) is 17.2 Å². The van der Waals surface area contributed by atoms with Crippen molar-refractivity contribution in [3.8, 4) is 6.07 Å². The van der Waals surface area contributed by atoms with Gasteiger partial charge in [-0.2, -0.15) is 5.26 Å². The monoisotopic (exact) mass is 249 g/mol. The Morgan fingerprint density at radius 1 is 1.22 bits per heavy atom. The number of carbonyl (C=O) groups excluding carboxylic acids is 1. The molecule has 1 heterocycles. The Labute approximate surface area is 109 Å². The molecule has 2 aliphatic rings. The van der Waals surface area contributed by atoms with Gasteiger partial charge in [0.05, 0.1) is 12.6 Å². The molecule has 0 aromatic rings. The summed E-state index contributed by atoms with van der Waals surface area (Å²) in [4.78, 5) is 13.7. The Morgan fingerprint density at radius 2 is 2.00 bits per heavy atom. The molecule has 0 aromatic heterocycles. The maximum atomic E-state index is 12.0. The second kappa shape index (κ2) is 6.75. The number of hydrogen-bond acceptors (Lipinski definition) is 3. The summed E-state index contributed by atoms with van der Waals surface area (Å²) in [5.41, 5.74) is 0. The van der Waals surface area contributed by atoms with E-state index in [0.29, 0.717) is 6.54 Å². The fourth-order valence-corrected chi connectivity index (χ4v) is 3.08. The molecule has 0 bridgehead atoms. The third kappa shape index (κ3) is 3.46. The van der Waals surface area contributed by atoms with Gasteiger partial charge in [-0.3, -0.25) is 4.79 Å². The number of amides is 1. The van der Waals surface area contributed by atoms with E-state index >= 15 is 0 Å². The molecule has 1 saturated carbocycles. The van der Waals surface area contributed by atoms with E-state index in [1.807, 2.05) is 0 Å². The second-order valence-electron chi connectivity index (χ2n) is 5.51. The molecule has 100 valence electrons. The lowest BCUT2D eigenvalue weighted by Crippen LogP contribution is -2.41. The Balaban J connectivity index is 1.66. The van der Waals surface area contributed by atoms with Gasteiger partial charge in [0.2, 0.25) is 5.91 Å². The van der Waals surface area contributed by atoms with Crippen LogP contribution in [0.15, 0.2) is 0 Å². The Bertz CT molecular complexity index is 317. The summed E-state index contributed by atoms with van der Waals surface area (Å²) in [6, 6.07) is 2.03. The minimum Gasteiger partial charge on any atom is -0.326 e. The number of rotatable bonds is 4. The fourth-order valence-electron chi connectivity index (χ4n) is 3.08. The molecule has 4 nitrogen and oxygen atoms in total. The highest BCUT2D eigenvalue weighted by Gasteiger charge is 2.28. The van der Waals surface area contributed by atoms with Gasteiger partial charge < -0.3 is 10.2 Å². The van der Waals surface area contributed by atoms with Gasteiger partial charge in [-0.1, -0.05) is 19.3 Å². The first-order valence-electron chi connectivity index (χ1n) is 7.21. The normalized spacial score (nSPS) is 25.1. The molecule has 1 saturated heterocycles. The Hall–Kier alpha value is -1.08. The van der Waals surface area contributed by atoms with Crippen LogP contribution in [0.2, 0.25) is 0 Å². The third-order valence-corrected chi connectivity index (χ3v) is 4.16. The van der Waals surface area contributed by atoms with Crippen molar-refractivity contribution in [1.82, 2.24) is 10.2 Å². The average molecular weight is 249 g/mol. The van der Waals surface area contributed by atoms with E-state index in [2.05, 4.69) is 11.4 Å². The van der Waals surface area contributed by atoms with Gasteiger partial charge in [0.15, 0.2) is 0 Å². The molecule has 1 amide bonds. The van der Waals surface area contributed by atoms with Crippen LogP contribution >= 0.6 is 0 Å². The first-order chi connectivity index (χ1) is 8.81. The molecule has 4 heteroatoms. The van der Waals surface area contributed by atoms with Crippen LogP contribution in [0.5, 0.6) is 0 Å². The van der Waals surface area contributed by atoms with E-state index in [1.165, 1.54) is 32.1 Å². The third-order valence-electron chi connectivity index (χ3n) is 4.16. The van der Waals surface area contributed by atoms with Crippen molar-refractivity contribution >= 4 is 5.91 Å². The maximum Gasteiger partial charge on any atom is 0.237 e. The van der Waals surface area contributed by atoms with Crippen molar-refractivity contribution in [3.05, 3.63) is 0 Å². The van der Waals surface area contributed by atoms with E-state index in [-0.39, 0.29) is 11.9 Å². The van der Waals surface area contributed by atoms with Gasteiger partial charge in [-0.25, -0.2) is 0 Å². The zero-order valence-electron chi connectivity index (χ0n) is 11.0. The molecule has 0 aromatic carbocycles. The van der Waals surface area contributed by atoms with E-state index in [1.54, 1.807) is 4.90 Å². The van der Waals surface area contributed by atoms with Crippen molar-refractivity contribution in [2.24, 2.45) is 5.92 Å². The van der Waals surface area contributed by atoms with Crippen LogP contribution in [0.25, 0.3) is 0 Å². The van der Waals surface area contributed by atoms with E-state index in [4.69, 9.17) is 5.26 Å². The first-order valence-corrected chi connectivity index (χ1v) is 7.21. The topological polar surface area (TPSA) is 56.1 Å². The summed E-state index contributed by atoms with van der Waals surface area (Å²) in [5, 5.41) is 12.2. The summed E-state index contributed by atoms with van der Waals surface area (Å²) in [5.74, 6) is 0.840. The van der Waals surface area contributed by atoms with Crippen molar-refractivity contribution < 1.29 is 4.79 Å². The van der Waals surface area contributed by atoms with Gasteiger partial charge in [-0.05, 0) is 38.1 Å². The summed E-state index contributed by atoms with van der Waals surface area (Å²) < 4.78 is 0. The van der Waals surface area contributed by atoms with E-state index < -0.39 is 0 Å². The largest absolute Gasteiger partial charge is 0.326 e. The lowest BCUT2D eigenvalue weighted by molar-refractivity contribution is -0.130. The molecule has 0 radical (unpaired) electrons. The predicted molar refractivity (Wildman–Crippen MR) is 69.8 cm³/mol. The molecular weight excluding hydrogens is 226 g/mol. The quantitative estimate of drug-likeness (QED) is 0.824. The van der Waals surface area contributed by atoms with Crippen molar-refractivity contribution in [1.29, 1.82) is 5.26 Å².